The van der Waals surface area contributed by atoms with E-state index in [1.807, 2.05) is 52.0 Å². The van der Waals surface area contributed by atoms with Gasteiger partial charge in [0.1, 0.15) is 12.6 Å². The summed E-state index contributed by atoms with van der Waals surface area (Å²) in [7, 11) is 0. The number of hydrogen-bond donors (Lipinski definition) is 3. The first-order valence-corrected chi connectivity index (χ1v) is 12.2. The number of ether oxygens (including phenoxy) is 1. The maximum atomic E-state index is 12.8. The van der Waals surface area contributed by atoms with Crippen LogP contribution in [-0.2, 0) is 14.3 Å². The SMILES string of the molecule is CCC[C@H](NC(=O)CC(CC(C)(C)C)NC(=O)OCC1c2ccccc2-c2ccccc21)C(=O)O. The lowest BCUT2D eigenvalue weighted by molar-refractivity contribution is -0.142. The van der Waals surface area contributed by atoms with Crippen LogP contribution in [0.1, 0.15) is 70.4 Å². The molecule has 1 unspecified atom stereocenters. The number of nitrogens with one attached hydrogen (secondary N) is 2. The smallest absolute Gasteiger partial charge is 0.407 e. The summed E-state index contributed by atoms with van der Waals surface area (Å²) in [6, 6.07) is 14.8. The van der Waals surface area contributed by atoms with E-state index in [2.05, 4.69) is 34.9 Å². The normalized spacial score (nSPS) is 14.4. The first-order chi connectivity index (χ1) is 16.6. The summed E-state index contributed by atoms with van der Waals surface area (Å²) < 4.78 is 5.65. The molecule has 0 heterocycles. The quantitative estimate of drug-likeness (QED) is 0.439. The number of carboxylic acids is 1. The van der Waals surface area contributed by atoms with Gasteiger partial charge in [-0.15, -0.1) is 0 Å². The van der Waals surface area contributed by atoms with E-state index in [0.717, 1.165) is 22.3 Å². The molecule has 188 valence electrons. The molecule has 7 nitrogen and oxygen atoms in total. The molecule has 0 saturated heterocycles. The predicted octanol–water partition coefficient (Wildman–Crippen LogP) is 5.09. The predicted molar refractivity (Wildman–Crippen MR) is 135 cm³/mol. The fourth-order valence-corrected chi connectivity index (χ4v) is 4.74. The summed E-state index contributed by atoms with van der Waals surface area (Å²) in [5.41, 5.74) is 4.40. The Labute approximate surface area is 207 Å². The van der Waals surface area contributed by atoms with Crippen molar-refractivity contribution in [2.24, 2.45) is 5.41 Å². The van der Waals surface area contributed by atoms with Gasteiger partial charge in [0.25, 0.3) is 0 Å². The van der Waals surface area contributed by atoms with E-state index in [1.165, 1.54) is 0 Å². The van der Waals surface area contributed by atoms with E-state index in [1.54, 1.807) is 0 Å². The highest BCUT2D eigenvalue weighted by atomic mass is 16.5. The Morgan fingerprint density at radius 2 is 1.54 bits per heavy atom. The maximum absolute atomic E-state index is 12.8. The molecule has 0 bridgehead atoms. The van der Waals surface area contributed by atoms with Gasteiger partial charge in [0.2, 0.25) is 5.91 Å². The number of benzene rings is 2. The lowest BCUT2D eigenvalue weighted by Crippen LogP contribution is -2.45. The highest BCUT2D eigenvalue weighted by Crippen LogP contribution is 2.44. The molecule has 7 heteroatoms. The van der Waals surface area contributed by atoms with Crippen molar-refractivity contribution in [2.75, 3.05) is 6.61 Å². The number of fused-ring (bicyclic) bond motifs is 3. The van der Waals surface area contributed by atoms with E-state index in [4.69, 9.17) is 4.74 Å². The second-order valence-corrected chi connectivity index (χ2v) is 10.4. The van der Waals surface area contributed by atoms with Gasteiger partial charge in [-0.2, -0.15) is 0 Å². The van der Waals surface area contributed by atoms with Crippen LogP contribution in [0.15, 0.2) is 48.5 Å². The Balaban J connectivity index is 1.64. The molecule has 0 fully saturated rings. The van der Waals surface area contributed by atoms with Gasteiger partial charge in [-0.3, -0.25) is 4.79 Å². The van der Waals surface area contributed by atoms with Crippen LogP contribution in [0.2, 0.25) is 0 Å². The molecule has 1 aliphatic carbocycles. The van der Waals surface area contributed by atoms with Crippen molar-refractivity contribution in [2.45, 2.75) is 71.4 Å². The molecule has 0 saturated carbocycles. The third-order valence-corrected chi connectivity index (χ3v) is 6.17. The van der Waals surface area contributed by atoms with Crippen LogP contribution < -0.4 is 10.6 Å². The van der Waals surface area contributed by atoms with Gasteiger partial charge < -0.3 is 20.5 Å². The minimum Gasteiger partial charge on any atom is -0.480 e. The molecule has 35 heavy (non-hydrogen) atoms. The van der Waals surface area contributed by atoms with Crippen molar-refractivity contribution in [1.29, 1.82) is 0 Å². The molecule has 2 amide bonds. The summed E-state index contributed by atoms with van der Waals surface area (Å²) in [5, 5.41) is 14.7. The number of carboxylic acid groups (broad SMARTS) is 1. The number of alkyl carbamates (subject to hydrolysis) is 1. The monoisotopic (exact) mass is 480 g/mol. The summed E-state index contributed by atoms with van der Waals surface area (Å²) in [4.78, 5) is 36.8. The average Bonchev–Trinajstić information content (AvgIpc) is 3.10. The molecular formula is C28H36N2O5. The highest BCUT2D eigenvalue weighted by Gasteiger charge is 2.30. The van der Waals surface area contributed by atoms with Gasteiger partial charge in [-0.1, -0.05) is 82.6 Å². The van der Waals surface area contributed by atoms with E-state index in [0.29, 0.717) is 19.3 Å². The lowest BCUT2D eigenvalue weighted by Gasteiger charge is -2.27. The molecule has 0 radical (unpaired) electrons. The van der Waals surface area contributed by atoms with E-state index in [-0.39, 0.29) is 24.4 Å². The fraction of sp³-hybridized carbons (Fsp3) is 0.464. The summed E-state index contributed by atoms with van der Waals surface area (Å²) in [6.45, 7) is 8.12. The van der Waals surface area contributed by atoms with Crippen molar-refractivity contribution in [3.05, 3.63) is 59.7 Å². The number of aliphatic carboxylic acids is 1. The standard InChI is InChI=1S/C28H36N2O5/c1-5-10-24(26(32)33)30-25(31)15-18(16-28(2,3)4)29-27(34)35-17-23-21-13-8-6-11-19(21)20-12-7-9-14-22(20)23/h6-9,11-14,18,23-24H,5,10,15-17H2,1-4H3,(H,29,34)(H,30,31)(H,32,33)/t18?,24-/m0/s1. The zero-order chi connectivity index (χ0) is 25.6. The van der Waals surface area contributed by atoms with E-state index in [9.17, 15) is 19.5 Å². The Morgan fingerprint density at radius 1 is 0.971 bits per heavy atom. The molecule has 1 aliphatic rings. The van der Waals surface area contributed by atoms with Crippen LogP contribution in [0.25, 0.3) is 11.1 Å². The molecule has 2 aromatic carbocycles. The van der Waals surface area contributed by atoms with Crippen LogP contribution in [-0.4, -0.2) is 41.8 Å². The maximum Gasteiger partial charge on any atom is 0.407 e. The van der Waals surface area contributed by atoms with Crippen molar-refractivity contribution < 1.29 is 24.2 Å². The first kappa shape index (κ1) is 26.3. The topological polar surface area (TPSA) is 105 Å². The molecule has 2 atom stereocenters. The third-order valence-electron chi connectivity index (χ3n) is 6.17. The zero-order valence-corrected chi connectivity index (χ0v) is 21.0. The van der Waals surface area contributed by atoms with Crippen LogP contribution in [0, 0.1) is 5.41 Å². The van der Waals surface area contributed by atoms with Gasteiger partial charge in [0, 0.05) is 18.4 Å². The molecule has 0 spiro atoms. The van der Waals surface area contributed by atoms with Crippen LogP contribution >= 0.6 is 0 Å². The number of amides is 2. The number of hydrogen-bond acceptors (Lipinski definition) is 4. The largest absolute Gasteiger partial charge is 0.480 e. The van der Waals surface area contributed by atoms with Gasteiger partial charge in [-0.05, 0) is 40.5 Å². The van der Waals surface area contributed by atoms with E-state index >= 15 is 0 Å². The molecule has 2 aromatic rings. The van der Waals surface area contributed by atoms with Crippen molar-refractivity contribution in [3.8, 4) is 11.1 Å². The minimum absolute atomic E-state index is 0.0189. The number of carbonyl (C=O) groups excluding carboxylic acids is 2. The Hall–Kier alpha value is -3.35. The fourth-order valence-electron chi connectivity index (χ4n) is 4.74. The highest BCUT2D eigenvalue weighted by molar-refractivity contribution is 5.84. The van der Waals surface area contributed by atoms with Gasteiger partial charge >= 0.3 is 12.1 Å². The van der Waals surface area contributed by atoms with Gasteiger partial charge in [0.15, 0.2) is 0 Å². The summed E-state index contributed by atoms with van der Waals surface area (Å²) >= 11 is 0. The van der Waals surface area contributed by atoms with Crippen molar-refractivity contribution >= 4 is 18.0 Å². The Kier molecular flexibility index (Phi) is 8.54. The number of carbonyl (C=O) groups is 3. The first-order valence-electron chi connectivity index (χ1n) is 12.2. The van der Waals surface area contributed by atoms with Crippen molar-refractivity contribution in [1.82, 2.24) is 10.6 Å². The number of rotatable bonds is 10. The molecule has 0 aliphatic heterocycles. The van der Waals surface area contributed by atoms with Crippen LogP contribution in [0.5, 0.6) is 0 Å². The summed E-state index contributed by atoms with van der Waals surface area (Å²) in [5.74, 6) is -1.51. The second kappa shape index (κ2) is 11.4. The third kappa shape index (κ3) is 7.07. The van der Waals surface area contributed by atoms with Crippen LogP contribution in [0.3, 0.4) is 0 Å². The minimum atomic E-state index is -1.06. The second-order valence-electron chi connectivity index (χ2n) is 10.4. The molecule has 3 rings (SSSR count). The average molecular weight is 481 g/mol. The molecule has 3 N–H and O–H groups in total. The van der Waals surface area contributed by atoms with Crippen molar-refractivity contribution in [3.63, 3.8) is 0 Å². The van der Waals surface area contributed by atoms with Crippen LogP contribution in [0.4, 0.5) is 4.79 Å². The molecule has 0 aromatic heterocycles. The molecular weight excluding hydrogens is 444 g/mol. The Bertz CT molecular complexity index is 1010. The van der Waals surface area contributed by atoms with Gasteiger partial charge in [0.05, 0.1) is 0 Å². The lowest BCUT2D eigenvalue weighted by atomic mass is 9.87. The van der Waals surface area contributed by atoms with Gasteiger partial charge in [-0.25, -0.2) is 9.59 Å². The Morgan fingerprint density at radius 3 is 2.06 bits per heavy atom. The summed E-state index contributed by atoms with van der Waals surface area (Å²) in [6.07, 6.45) is 0.925. The zero-order valence-electron chi connectivity index (χ0n) is 21.0. The van der Waals surface area contributed by atoms with E-state index < -0.39 is 30.1 Å².